The molecule has 1 unspecified atom stereocenters. The number of rotatable bonds is 5. The first-order valence-corrected chi connectivity index (χ1v) is 10.5. The molecule has 150 valence electrons. The van der Waals surface area contributed by atoms with E-state index < -0.39 is 0 Å². The SMILES string of the molecule is COc1ccc(C2CC(c3ccc(Br)cc3)=NN2C(=O)C=Cc2ccccc2)cc1. The van der Waals surface area contributed by atoms with Gasteiger partial charge in [-0.1, -0.05) is 70.5 Å². The molecule has 1 atom stereocenters. The number of hydrogen-bond donors (Lipinski definition) is 0. The Labute approximate surface area is 184 Å². The van der Waals surface area contributed by atoms with Gasteiger partial charge in [-0.3, -0.25) is 4.79 Å². The van der Waals surface area contributed by atoms with E-state index in [-0.39, 0.29) is 11.9 Å². The van der Waals surface area contributed by atoms with Crippen LogP contribution < -0.4 is 4.74 Å². The molecule has 30 heavy (non-hydrogen) atoms. The molecule has 0 spiro atoms. The summed E-state index contributed by atoms with van der Waals surface area (Å²) in [4.78, 5) is 13.1. The summed E-state index contributed by atoms with van der Waals surface area (Å²) in [7, 11) is 1.64. The number of carbonyl (C=O) groups is 1. The summed E-state index contributed by atoms with van der Waals surface area (Å²) in [5.41, 5.74) is 3.90. The molecule has 1 amide bonds. The van der Waals surface area contributed by atoms with Crippen LogP contribution in [0.5, 0.6) is 5.75 Å². The van der Waals surface area contributed by atoms with Crippen LogP contribution in [0, 0.1) is 0 Å². The van der Waals surface area contributed by atoms with Crippen LogP contribution >= 0.6 is 15.9 Å². The van der Waals surface area contributed by atoms with E-state index in [1.807, 2.05) is 84.9 Å². The van der Waals surface area contributed by atoms with E-state index >= 15 is 0 Å². The summed E-state index contributed by atoms with van der Waals surface area (Å²) in [6, 6.07) is 25.4. The Bertz CT molecular complexity index is 1070. The number of amides is 1. The van der Waals surface area contributed by atoms with Crippen LogP contribution in [-0.4, -0.2) is 23.7 Å². The van der Waals surface area contributed by atoms with Crippen LogP contribution in [0.25, 0.3) is 6.08 Å². The minimum atomic E-state index is -0.164. The molecule has 5 heteroatoms. The highest BCUT2D eigenvalue weighted by Crippen LogP contribution is 2.34. The van der Waals surface area contributed by atoms with Gasteiger partial charge in [0.05, 0.1) is 18.9 Å². The minimum Gasteiger partial charge on any atom is -0.497 e. The van der Waals surface area contributed by atoms with Gasteiger partial charge < -0.3 is 4.74 Å². The Balaban J connectivity index is 1.64. The molecule has 1 aliphatic heterocycles. The normalized spacial score (nSPS) is 16.0. The summed E-state index contributed by atoms with van der Waals surface area (Å²) >= 11 is 3.47. The molecule has 1 aliphatic rings. The van der Waals surface area contributed by atoms with Crippen molar-refractivity contribution in [2.24, 2.45) is 5.10 Å². The second kappa shape index (κ2) is 9.09. The van der Waals surface area contributed by atoms with Crippen molar-refractivity contribution in [2.45, 2.75) is 12.5 Å². The van der Waals surface area contributed by atoms with Crippen LogP contribution in [0.3, 0.4) is 0 Å². The molecule has 1 heterocycles. The molecule has 0 saturated carbocycles. The summed E-state index contributed by atoms with van der Waals surface area (Å²) in [5, 5.41) is 6.29. The average molecular weight is 461 g/mol. The fourth-order valence-corrected chi connectivity index (χ4v) is 3.69. The first-order valence-electron chi connectivity index (χ1n) is 9.68. The third-order valence-corrected chi connectivity index (χ3v) is 5.56. The monoisotopic (exact) mass is 460 g/mol. The van der Waals surface area contributed by atoms with E-state index in [2.05, 4.69) is 15.9 Å². The maximum absolute atomic E-state index is 13.1. The van der Waals surface area contributed by atoms with Crippen molar-refractivity contribution in [3.8, 4) is 5.75 Å². The van der Waals surface area contributed by atoms with E-state index in [9.17, 15) is 4.79 Å². The molecule has 0 aromatic heterocycles. The molecule has 0 N–H and O–H groups in total. The lowest BCUT2D eigenvalue weighted by Crippen LogP contribution is -2.25. The molecular weight excluding hydrogens is 440 g/mol. The summed E-state index contributed by atoms with van der Waals surface area (Å²) in [6.07, 6.45) is 4.05. The topological polar surface area (TPSA) is 41.9 Å². The van der Waals surface area contributed by atoms with Crippen molar-refractivity contribution in [3.05, 3.63) is 106 Å². The van der Waals surface area contributed by atoms with Crippen molar-refractivity contribution < 1.29 is 9.53 Å². The number of methoxy groups -OCH3 is 1. The molecule has 3 aromatic carbocycles. The zero-order valence-corrected chi connectivity index (χ0v) is 18.1. The molecular formula is C25H21BrN2O2. The average Bonchev–Trinajstić information content (AvgIpc) is 3.24. The predicted octanol–water partition coefficient (Wildman–Crippen LogP) is 5.85. The minimum absolute atomic E-state index is 0.146. The maximum Gasteiger partial charge on any atom is 0.267 e. The van der Waals surface area contributed by atoms with Crippen LogP contribution in [0.2, 0.25) is 0 Å². The molecule has 4 nitrogen and oxygen atoms in total. The van der Waals surface area contributed by atoms with Gasteiger partial charge in [-0.05, 0) is 47.0 Å². The van der Waals surface area contributed by atoms with Gasteiger partial charge in [0.15, 0.2) is 0 Å². The first kappa shape index (κ1) is 20.1. The van der Waals surface area contributed by atoms with Gasteiger partial charge >= 0.3 is 0 Å². The maximum atomic E-state index is 13.1. The number of hydrazone groups is 1. The fraction of sp³-hybridized carbons (Fsp3) is 0.120. The van der Waals surface area contributed by atoms with Gasteiger partial charge in [-0.15, -0.1) is 0 Å². The molecule has 0 aliphatic carbocycles. The number of ether oxygens (including phenoxy) is 1. The standard InChI is InChI=1S/C25H21BrN2O2/c1-30-22-14-10-20(11-15-22)24-17-23(19-8-12-21(26)13-9-19)27-28(24)25(29)16-7-18-5-3-2-4-6-18/h2-16,24H,17H2,1H3. The van der Waals surface area contributed by atoms with Crippen molar-refractivity contribution in [3.63, 3.8) is 0 Å². The lowest BCUT2D eigenvalue weighted by atomic mass is 9.98. The Kier molecular flexibility index (Phi) is 6.10. The van der Waals surface area contributed by atoms with Gasteiger partial charge in [0.2, 0.25) is 0 Å². The Morgan fingerprint density at radius 2 is 1.73 bits per heavy atom. The molecule has 0 saturated heterocycles. The highest BCUT2D eigenvalue weighted by atomic mass is 79.9. The molecule has 4 rings (SSSR count). The van der Waals surface area contributed by atoms with Crippen LogP contribution in [-0.2, 0) is 4.79 Å². The highest BCUT2D eigenvalue weighted by molar-refractivity contribution is 9.10. The number of nitrogens with zero attached hydrogens (tertiary/aromatic N) is 2. The molecule has 3 aromatic rings. The number of benzene rings is 3. The van der Waals surface area contributed by atoms with Crippen LogP contribution in [0.1, 0.15) is 29.2 Å². The summed E-state index contributed by atoms with van der Waals surface area (Å²) in [6.45, 7) is 0. The number of halogens is 1. The zero-order chi connectivity index (χ0) is 20.9. The van der Waals surface area contributed by atoms with Gasteiger partial charge in [0.1, 0.15) is 5.75 Å². The smallest absolute Gasteiger partial charge is 0.267 e. The molecule has 0 fully saturated rings. The van der Waals surface area contributed by atoms with Crippen molar-refractivity contribution >= 4 is 33.6 Å². The number of hydrogen-bond acceptors (Lipinski definition) is 3. The third-order valence-electron chi connectivity index (χ3n) is 5.03. The summed E-state index contributed by atoms with van der Waals surface area (Å²) < 4.78 is 6.28. The lowest BCUT2D eigenvalue weighted by molar-refractivity contribution is -0.127. The summed E-state index contributed by atoms with van der Waals surface area (Å²) in [5.74, 6) is 0.638. The fourth-order valence-electron chi connectivity index (χ4n) is 3.42. The molecule has 0 radical (unpaired) electrons. The van der Waals surface area contributed by atoms with E-state index in [1.165, 1.54) is 0 Å². The van der Waals surface area contributed by atoms with Crippen molar-refractivity contribution in [1.29, 1.82) is 0 Å². The second-order valence-electron chi connectivity index (χ2n) is 6.97. The van der Waals surface area contributed by atoms with Gasteiger partial charge in [0, 0.05) is 17.0 Å². The Morgan fingerprint density at radius 1 is 1.03 bits per heavy atom. The lowest BCUT2D eigenvalue weighted by Gasteiger charge is -2.21. The Hall–Kier alpha value is -3.18. The number of carbonyl (C=O) groups excluding carboxylic acids is 1. The largest absolute Gasteiger partial charge is 0.497 e. The van der Waals surface area contributed by atoms with Gasteiger partial charge in [0.25, 0.3) is 5.91 Å². The predicted molar refractivity (Wildman–Crippen MR) is 123 cm³/mol. The zero-order valence-electron chi connectivity index (χ0n) is 16.5. The Morgan fingerprint density at radius 3 is 2.40 bits per heavy atom. The van der Waals surface area contributed by atoms with Crippen LogP contribution in [0.4, 0.5) is 0 Å². The van der Waals surface area contributed by atoms with E-state index in [0.29, 0.717) is 6.42 Å². The van der Waals surface area contributed by atoms with Gasteiger partial charge in [-0.25, -0.2) is 5.01 Å². The van der Waals surface area contributed by atoms with Crippen molar-refractivity contribution in [2.75, 3.05) is 7.11 Å². The van der Waals surface area contributed by atoms with Crippen molar-refractivity contribution in [1.82, 2.24) is 5.01 Å². The van der Waals surface area contributed by atoms with Gasteiger partial charge in [-0.2, -0.15) is 5.10 Å². The molecule has 0 bridgehead atoms. The second-order valence-corrected chi connectivity index (χ2v) is 7.89. The third kappa shape index (κ3) is 4.52. The van der Waals surface area contributed by atoms with Crippen LogP contribution in [0.15, 0.2) is 94.5 Å². The first-order chi connectivity index (χ1) is 14.6. The van der Waals surface area contributed by atoms with E-state index in [0.717, 1.165) is 32.6 Å². The highest BCUT2D eigenvalue weighted by Gasteiger charge is 2.32. The van der Waals surface area contributed by atoms with E-state index in [1.54, 1.807) is 18.2 Å². The van der Waals surface area contributed by atoms with E-state index in [4.69, 9.17) is 9.84 Å². The quantitative estimate of drug-likeness (QED) is 0.448.